The lowest BCUT2D eigenvalue weighted by Crippen LogP contribution is -2.45. The predicted octanol–water partition coefficient (Wildman–Crippen LogP) is 5.70. The molecular formula is C32H25N5O3. The van der Waals surface area contributed by atoms with E-state index < -0.39 is 18.0 Å². The minimum atomic E-state index is -0.931. The van der Waals surface area contributed by atoms with Crippen molar-refractivity contribution in [3.05, 3.63) is 120 Å². The molecule has 0 radical (unpaired) electrons. The maximum Gasteiger partial charge on any atom is 0.407 e. The fourth-order valence-corrected chi connectivity index (χ4v) is 5.68. The van der Waals surface area contributed by atoms with Crippen LogP contribution in [0.3, 0.4) is 0 Å². The van der Waals surface area contributed by atoms with Gasteiger partial charge in [-0.05, 0) is 46.0 Å². The molecular weight excluding hydrogens is 502 g/mol. The zero-order valence-corrected chi connectivity index (χ0v) is 21.5. The second-order valence-electron chi connectivity index (χ2n) is 9.91. The van der Waals surface area contributed by atoms with E-state index in [4.69, 9.17) is 4.74 Å². The number of amides is 1. The van der Waals surface area contributed by atoms with E-state index in [9.17, 15) is 9.59 Å². The zero-order chi connectivity index (χ0) is 27.1. The van der Waals surface area contributed by atoms with Crippen molar-refractivity contribution in [1.82, 2.24) is 25.3 Å². The highest BCUT2D eigenvalue weighted by Crippen LogP contribution is 2.44. The van der Waals surface area contributed by atoms with Gasteiger partial charge in [-0.15, -0.1) is 5.10 Å². The Morgan fingerprint density at radius 2 is 1.55 bits per heavy atom. The van der Waals surface area contributed by atoms with E-state index in [-0.39, 0.29) is 18.9 Å². The van der Waals surface area contributed by atoms with Crippen LogP contribution in [-0.4, -0.2) is 44.6 Å². The summed E-state index contributed by atoms with van der Waals surface area (Å²) in [4.78, 5) is 30.3. The smallest absolute Gasteiger partial charge is 0.407 e. The third-order valence-electron chi connectivity index (χ3n) is 7.59. The van der Waals surface area contributed by atoms with Gasteiger partial charge < -0.3 is 15.0 Å². The van der Waals surface area contributed by atoms with Crippen molar-refractivity contribution < 1.29 is 14.3 Å². The monoisotopic (exact) mass is 527 g/mol. The van der Waals surface area contributed by atoms with Gasteiger partial charge in [-0.2, -0.15) is 4.68 Å². The normalized spacial score (nSPS) is 13.2. The summed E-state index contributed by atoms with van der Waals surface area (Å²) in [5.74, 6) is -0.479. The van der Waals surface area contributed by atoms with E-state index >= 15 is 0 Å². The molecule has 4 aromatic carbocycles. The summed E-state index contributed by atoms with van der Waals surface area (Å²) in [6, 6.07) is 30.5. The Kier molecular flexibility index (Phi) is 5.85. The van der Waals surface area contributed by atoms with Gasteiger partial charge in [0.2, 0.25) is 0 Å². The van der Waals surface area contributed by atoms with Crippen LogP contribution in [0.5, 0.6) is 0 Å². The Hall–Kier alpha value is -5.24. The number of aromatic nitrogens is 4. The Bertz CT molecular complexity index is 1840. The summed E-state index contributed by atoms with van der Waals surface area (Å²) in [5, 5.41) is 12.0. The first-order chi connectivity index (χ1) is 19.7. The van der Waals surface area contributed by atoms with Crippen molar-refractivity contribution >= 4 is 33.9 Å². The van der Waals surface area contributed by atoms with Gasteiger partial charge in [0, 0.05) is 29.4 Å². The van der Waals surface area contributed by atoms with Gasteiger partial charge in [0.05, 0.1) is 5.52 Å². The molecule has 0 bridgehead atoms. The van der Waals surface area contributed by atoms with Crippen LogP contribution in [-0.2, 0) is 11.2 Å². The Balaban J connectivity index is 1.15. The summed E-state index contributed by atoms with van der Waals surface area (Å²) >= 11 is 0. The molecule has 1 atom stereocenters. The molecule has 0 saturated heterocycles. The SMILES string of the molecule is O=C(NC(Cc1c[nH]c2ccccc12)C(=O)n1nnc2ccccc21)OCC1c2ccccc2-c2ccccc21. The minimum Gasteiger partial charge on any atom is -0.449 e. The molecule has 8 heteroatoms. The van der Waals surface area contributed by atoms with Gasteiger partial charge in [0.25, 0.3) is 5.91 Å². The molecule has 40 heavy (non-hydrogen) atoms. The minimum absolute atomic E-state index is 0.0832. The molecule has 2 N–H and O–H groups in total. The molecule has 0 fully saturated rings. The second-order valence-corrected chi connectivity index (χ2v) is 9.91. The van der Waals surface area contributed by atoms with Gasteiger partial charge in [-0.25, -0.2) is 4.79 Å². The summed E-state index contributed by atoms with van der Waals surface area (Å²) in [5.41, 5.74) is 7.58. The standard InChI is InChI=1S/C32H25N5O3/c38-31(37-30-16-8-7-15-28(30)35-36-37)29(17-20-18-33-27-14-6-5-9-21(20)27)34-32(39)40-19-26-24-12-3-1-10-22(24)23-11-2-4-13-25(23)26/h1-16,18,26,29,33H,17,19H2,(H,34,39). The number of aromatic amines is 1. The molecule has 196 valence electrons. The summed E-state index contributed by atoms with van der Waals surface area (Å²) in [6.07, 6.45) is 1.45. The fourth-order valence-electron chi connectivity index (χ4n) is 5.68. The average Bonchev–Trinajstić information content (AvgIpc) is 3.70. The number of hydrogen-bond acceptors (Lipinski definition) is 5. The quantitative estimate of drug-likeness (QED) is 0.289. The van der Waals surface area contributed by atoms with E-state index in [0.29, 0.717) is 11.0 Å². The van der Waals surface area contributed by atoms with E-state index in [1.807, 2.05) is 66.9 Å². The van der Waals surface area contributed by atoms with Gasteiger partial charge in [-0.1, -0.05) is 84.1 Å². The number of ether oxygens (including phenoxy) is 1. The van der Waals surface area contributed by atoms with Gasteiger partial charge in [0.15, 0.2) is 0 Å². The van der Waals surface area contributed by atoms with E-state index in [1.54, 1.807) is 12.1 Å². The molecule has 0 spiro atoms. The number of alkyl carbamates (subject to hydrolysis) is 1. The van der Waals surface area contributed by atoms with Crippen molar-refractivity contribution in [2.45, 2.75) is 18.4 Å². The highest BCUT2D eigenvalue weighted by Gasteiger charge is 2.31. The third-order valence-corrected chi connectivity index (χ3v) is 7.59. The van der Waals surface area contributed by atoms with Gasteiger partial charge in [0.1, 0.15) is 18.2 Å². The van der Waals surface area contributed by atoms with Crippen LogP contribution in [0.1, 0.15) is 27.4 Å². The van der Waals surface area contributed by atoms with E-state index in [1.165, 1.54) is 4.68 Å². The van der Waals surface area contributed by atoms with Crippen LogP contribution in [0.2, 0.25) is 0 Å². The molecule has 6 aromatic rings. The van der Waals surface area contributed by atoms with Crippen LogP contribution in [0.4, 0.5) is 4.79 Å². The van der Waals surface area contributed by atoms with Crippen LogP contribution in [0, 0.1) is 0 Å². The Labute approximate surface area is 229 Å². The number of nitrogens with zero attached hydrogens (tertiary/aromatic N) is 3. The molecule has 0 saturated carbocycles. The average molecular weight is 528 g/mol. The van der Waals surface area contributed by atoms with Gasteiger partial charge in [-0.3, -0.25) is 4.79 Å². The molecule has 8 nitrogen and oxygen atoms in total. The lowest BCUT2D eigenvalue weighted by Gasteiger charge is -2.19. The highest BCUT2D eigenvalue weighted by atomic mass is 16.5. The first-order valence-electron chi connectivity index (χ1n) is 13.2. The topological polar surface area (TPSA) is 102 Å². The lowest BCUT2D eigenvalue weighted by molar-refractivity contribution is 0.0826. The zero-order valence-electron chi connectivity index (χ0n) is 21.5. The number of rotatable bonds is 6. The molecule has 7 rings (SSSR count). The number of carbonyl (C=O) groups excluding carboxylic acids is 2. The number of benzene rings is 4. The number of H-pyrrole nitrogens is 1. The molecule has 1 aliphatic carbocycles. The lowest BCUT2D eigenvalue weighted by atomic mass is 9.98. The van der Waals surface area contributed by atoms with Crippen molar-refractivity contribution in [2.75, 3.05) is 6.61 Å². The fraction of sp³-hybridized carbons (Fsp3) is 0.125. The first kappa shape index (κ1) is 23.8. The van der Waals surface area contributed by atoms with E-state index in [2.05, 4.69) is 44.9 Å². The Morgan fingerprint density at radius 3 is 2.35 bits per heavy atom. The second kappa shape index (κ2) is 9.81. The van der Waals surface area contributed by atoms with Gasteiger partial charge >= 0.3 is 6.09 Å². The number of hydrogen-bond donors (Lipinski definition) is 2. The van der Waals surface area contributed by atoms with Crippen LogP contribution in [0.25, 0.3) is 33.1 Å². The summed E-state index contributed by atoms with van der Waals surface area (Å²) in [6.45, 7) is 0.153. The van der Waals surface area contributed by atoms with Crippen molar-refractivity contribution in [2.24, 2.45) is 0 Å². The largest absolute Gasteiger partial charge is 0.449 e. The Morgan fingerprint density at radius 1 is 0.875 bits per heavy atom. The molecule has 1 amide bonds. The number of fused-ring (bicyclic) bond motifs is 5. The molecule has 0 aliphatic heterocycles. The molecule has 2 aromatic heterocycles. The van der Waals surface area contributed by atoms with Crippen LogP contribution < -0.4 is 5.32 Å². The molecule has 1 unspecified atom stereocenters. The number of nitrogens with one attached hydrogen (secondary N) is 2. The summed E-state index contributed by atoms with van der Waals surface area (Å²) in [7, 11) is 0. The third kappa shape index (κ3) is 4.10. The van der Waals surface area contributed by atoms with Crippen molar-refractivity contribution in [1.29, 1.82) is 0 Å². The predicted molar refractivity (Wildman–Crippen MR) is 152 cm³/mol. The maximum atomic E-state index is 13.8. The summed E-state index contributed by atoms with van der Waals surface area (Å²) < 4.78 is 7.03. The molecule has 1 aliphatic rings. The van der Waals surface area contributed by atoms with Crippen LogP contribution >= 0.6 is 0 Å². The first-order valence-corrected chi connectivity index (χ1v) is 13.2. The number of para-hydroxylation sites is 2. The maximum absolute atomic E-state index is 13.8. The number of carbonyl (C=O) groups is 2. The van der Waals surface area contributed by atoms with Crippen molar-refractivity contribution in [3.63, 3.8) is 0 Å². The molecule has 2 heterocycles. The van der Waals surface area contributed by atoms with E-state index in [0.717, 1.165) is 38.7 Å². The van der Waals surface area contributed by atoms with Crippen LogP contribution in [0.15, 0.2) is 103 Å². The van der Waals surface area contributed by atoms with Crippen molar-refractivity contribution in [3.8, 4) is 11.1 Å². The highest BCUT2D eigenvalue weighted by molar-refractivity contribution is 5.94.